The molecule has 2 atom stereocenters. The van der Waals surface area contributed by atoms with Gasteiger partial charge in [-0.3, -0.25) is 4.98 Å². The van der Waals surface area contributed by atoms with E-state index in [1.165, 1.54) is 5.56 Å². The van der Waals surface area contributed by atoms with Crippen molar-refractivity contribution >= 4 is 23.0 Å². The van der Waals surface area contributed by atoms with E-state index in [4.69, 9.17) is 17.0 Å². The number of thiocarbonyl (C=S) groups is 1. The lowest BCUT2D eigenvalue weighted by Gasteiger charge is -2.28. The van der Waals surface area contributed by atoms with Crippen molar-refractivity contribution in [2.24, 2.45) is 0 Å². The van der Waals surface area contributed by atoms with Crippen molar-refractivity contribution in [2.75, 3.05) is 12.0 Å². The molecule has 34 heavy (non-hydrogen) atoms. The van der Waals surface area contributed by atoms with Crippen molar-refractivity contribution in [1.82, 2.24) is 19.9 Å². The van der Waals surface area contributed by atoms with Crippen molar-refractivity contribution in [3.8, 4) is 11.6 Å². The van der Waals surface area contributed by atoms with Gasteiger partial charge in [0.25, 0.3) is 0 Å². The van der Waals surface area contributed by atoms with E-state index in [0.29, 0.717) is 5.11 Å². The Labute approximate surface area is 205 Å². The molecule has 0 unspecified atom stereocenters. The smallest absolute Gasteiger partial charge is 0.174 e. The van der Waals surface area contributed by atoms with E-state index >= 15 is 0 Å². The van der Waals surface area contributed by atoms with E-state index in [-0.39, 0.29) is 12.1 Å². The molecule has 0 amide bonds. The van der Waals surface area contributed by atoms with Crippen molar-refractivity contribution in [2.45, 2.75) is 32.9 Å². The first kappa shape index (κ1) is 22.1. The number of aryl methyl sites for hydroxylation is 2. The second kappa shape index (κ2) is 8.91. The van der Waals surface area contributed by atoms with Crippen LogP contribution in [0.15, 0.2) is 73.1 Å². The average molecular weight is 470 g/mol. The predicted octanol–water partition coefficient (Wildman–Crippen LogP) is 5.38. The average Bonchev–Trinajstić information content (AvgIpc) is 3.35. The predicted molar refractivity (Wildman–Crippen MR) is 139 cm³/mol. The maximum Gasteiger partial charge on any atom is 0.174 e. The standard InChI is InChI=1S/C27H27N5OS/c1-17-9-8-14-29-26(17)31-18(2)15-22(19(31)3)25-24(23-12-5-6-13-28-23)30-27(34)32(25)20-10-7-11-21(16-20)33-4/h5-16,24-25H,1-4H3,(H,30,34)/t24-,25+/m1/s1. The molecule has 5 rings (SSSR count). The molecule has 4 heterocycles. The Balaban J connectivity index is 1.70. The Morgan fingerprint density at radius 1 is 0.941 bits per heavy atom. The number of pyridine rings is 2. The summed E-state index contributed by atoms with van der Waals surface area (Å²) in [6.45, 7) is 6.36. The summed E-state index contributed by atoms with van der Waals surface area (Å²) in [5.74, 6) is 1.73. The van der Waals surface area contributed by atoms with Gasteiger partial charge in [0.15, 0.2) is 5.11 Å². The number of methoxy groups -OCH3 is 1. The van der Waals surface area contributed by atoms with E-state index in [0.717, 1.165) is 39.9 Å². The highest BCUT2D eigenvalue weighted by Crippen LogP contribution is 2.44. The summed E-state index contributed by atoms with van der Waals surface area (Å²) < 4.78 is 7.73. The number of benzene rings is 1. The second-order valence-electron chi connectivity index (χ2n) is 8.50. The van der Waals surface area contributed by atoms with Gasteiger partial charge in [-0.2, -0.15) is 0 Å². The Morgan fingerprint density at radius 2 is 1.76 bits per heavy atom. The lowest BCUT2D eigenvalue weighted by atomic mass is 9.96. The zero-order valence-corrected chi connectivity index (χ0v) is 20.5. The zero-order chi connectivity index (χ0) is 23.8. The summed E-state index contributed by atoms with van der Waals surface area (Å²) in [5.41, 5.74) is 6.47. The van der Waals surface area contributed by atoms with Gasteiger partial charge < -0.3 is 19.5 Å². The highest BCUT2D eigenvalue weighted by atomic mass is 32.1. The van der Waals surface area contributed by atoms with Gasteiger partial charge in [0, 0.05) is 35.5 Å². The van der Waals surface area contributed by atoms with Gasteiger partial charge in [0.05, 0.1) is 24.9 Å². The molecule has 1 aliphatic heterocycles. The molecule has 6 nitrogen and oxygen atoms in total. The summed E-state index contributed by atoms with van der Waals surface area (Å²) >= 11 is 5.88. The van der Waals surface area contributed by atoms with Crippen molar-refractivity contribution in [1.29, 1.82) is 0 Å². The molecule has 4 aromatic rings. The Kier molecular flexibility index (Phi) is 5.79. The van der Waals surface area contributed by atoms with Crippen molar-refractivity contribution < 1.29 is 4.74 Å². The number of hydrogen-bond acceptors (Lipinski definition) is 4. The molecule has 1 N–H and O–H groups in total. The van der Waals surface area contributed by atoms with E-state index in [2.05, 4.69) is 63.7 Å². The van der Waals surface area contributed by atoms with Gasteiger partial charge in [0.1, 0.15) is 11.6 Å². The highest BCUT2D eigenvalue weighted by molar-refractivity contribution is 7.80. The van der Waals surface area contributed by atoms with E-state index in [9.17, 15) is 0 Å². The summed E-state index contributed by atoms with van der Waals surface area (Å²) in [6, 6.07) is 20.1. The minimum atomic E-state index is -0.112. The molecule has 1 aliphatic rings. The zero-order valence-electron chi connectivity index (χ0n) is 19.7. The number of nitrogens with zero attached hydrogens (tertiary/aromatic N) is 4. The molecule has 1 fully saturated rings. The van der Waals surface area contributed by atoms with E-state index in [1.54, 1.807) is 7.11 Å². The van der Waals surface area contributed by atoms with Crippen LogP contribution in [0.4, 0.5) is 5.69 Å². The maximum absolute atomic E-state index is 5.88. The molecule has 0 bridgehead atoms. The van der Waals surface area contributed by atoms with Crippen LogP contribution in [0.5, 0.6) is 5.75 Å². The summed E-state index contributed by atoms with van der Waals surface area (Å²) in [7, 11) is 1.68. The number of rotatable bonds is 5. The molecule has 1 saturated heterocycles. The maximum atomic E-state index is 5.88. The van der Waals surface area contributed by atoms with Gasteiger partial charge in [-0.1, -0.05) is 18.2 Å². The third kappa shape index (κ3) is 3.72. The lowest BCUT2D eigenvalue weighted by Crippen LogP contribution is -2.29. The number of nitrogens with one attached hydrogen (secondary N) is 1. The number of ether oxygens (including phenoxy) is 1. The minimum absolute atomic E-state index is 0.0986. The quantitative estimate of drug-likeness (QED) is 0.396. The molecule has 0 aliphatic carbocycles. The fourth-order valence-electron chi connectivity index (χ4n) is 4.83. The van der Waals surface area contributed by atoms with Crippen LogP contribution in [0.3, 0.4) is 0 Å². The number of hydrogen-bond donors (Lipinski definition) is 1. The highest BCUT2D eigenvalue weighted by Gasteiger charge is 2.42. The van der Waals surface area contributed by atoms with Crippen molar-refractivity contribution in [3.63, 3.8) is 0 Å². The largest absolute Gasteiger partial charge is 0.497 e. The fourth-order valence-corrected chi connectivity index (χ4v) is 5.18. The molecule has 7 heteroatoms. The topological polar surface area (TPSA) is 55.2 Å². The van der Waals surface area contributed by atoms with Crippen molar-refractivity contribution in [3.05, 3.63) is 101 Å². The summed E-state index contributed by atoms with van der Waals surface area (Å²) in [4.78, 5) is 11.5. The summed E-state index contributed by atoms with van der Waals surface area (Å²) in [6.07, 6.45) is 3.66. The summed E-state index contributed by atoms with van der Waals surface area (Å²) in [5, 5.41) is 4.20. The molecule has 0 spiro atoms. The first-order valence-electron chi connectivity index (χ1n) is 11.2. The van der Waals surface area contributed by atoms with Crippen LogP contribution in [0.2, 0.25) is 0 Å². The number of aromatic nitrogens is 3. The second-order valence-corrected chi connectivity index (χ2v) is 8.89. The van der Waals surface area contributed by atoms with Crippen LogP contribution >= 0.6 is 12.2 Å². The van der Waals surface area contributed by atoms with Gasteiger partial charge in [-0.25, -0.2) is 4.98 Å². The van der Waals surface area contributed by atoms with Gasteiger partial charge in [-0.05, 0) is 80.5 Å². The van der Waals surface area contributed by atoms with Gasteiger partial charge in [-0.15, -0.1) is 0 Å². The van der Waals surface area contributed by atoms with Crippen LogP contribution in [-0.2, 0) is 0 Å². The van der Waals surface area contributed by atoms with Crippen LogP contribution in [0.25, 0.3) is 5.82 Å². The van der Waals surface area contributed by atoms with Crippen LogP contribution in [0.1, 0.15) is 40.3 Å². The van der Waals surface area contributed by atoms with E-state index < -0.39 is 0 Å². The monoisotopic (exact) mass is 469 g/mol. The Morgan fingerprint density at radius 3 is 2.50 bits per heavy atom. The van der Waals surface area contributed by atoms with Crippen LogP contribution in [0, 0.1) is 20.8 Å². The number of anilines is 1. The van der Waals surface area contributed by atoms with Crippen LogP contribution in [-0.4, -0.2) is 26.8 Å². The molecule has 3 aromatic heterocycles. The first-order chi connectivity index (χ1) is 16.5. The Hall–Kier alpha value is -3.71. The molecular weight excluding hydrogens is 442 g/mol. The SMILES string of the molecule is COc1cccc(N2C(=S)N[C@H](c3ccccn3)[C@@H]2c2cc(C)n(-c3ncccc3C)c2C)c1. The molecule has 1 aromatic carbocycles. The normalized spacial score (nSPS) is 17.6. The van der Waals surface area contributed by atoms with Crippen LogP contribution < -0.4 is 15.0 Å². The third-order valence-electron chi connectivity index (χ3n) is 6.41. The first-order valence-corrected chi connectivity index (χ1v) is 11.7. The Bertz CT molecular complexity index is 1350. The fraction of sp³-hybridized carbons (Fsp3) is 0.222. The van der Waals surface area contributed by atoms with E-state index in [1.807, 2.05) is 54.9 Å². The van der Waals surface area contributed by atoms with Gasteiger partial charge in [0.2, 0.25) is 0 Å². The molecule has 0 saturated carbocycles. The molecule has 172 valence electrons. The van der Waals surface area contributed by atoms with Gasteiger partial charge >= 0.3 is 0 Å². The lowest BCUT2D eigenvalue weighted by molar-refractivity contribution is 0.415. The molecule has 0 radical (unpaired) electrons. The molecular formula is C27H27N5OS. The minimum Gasteiger partial charge on any atom is -0.497 e. The third-order valence-corrected chi connectivity index (χ3v) is 6.73.